The van der Waals surface area contributed by atoms with Crippen molar-refractivity contribution >= 4 is 27.3 Å². The summed E-state index contributed by atoms with van der Waals surface area (Å²) in [5, 5.41) is 2.72. The van der Waals surface area contributed by atoms with Crippen LogP contribution in [0, 0.1) is 13.8 Å². The molecule has 6 nitrogen and oxygen atoms in total. The van der Waals surface area contributed by atoms with Gasteiger partial charge in [0.2, 0.25) is 15.9 Å². The van der Waals surface area contributed by atoms with E-state index in [4.69, 9.17) is 4.74 Å². The van der Waals surface area contributed by atoms with Crippen LogP contribution in [-0.2, 0) is 14.8 Å². The third-order valence-electron chi connectivity index (χ3n) is 3.88. The van der Waals surface area contributed by atoms with E-state index in [9.17, 15) is 13.2 Å². The maximum Gasteiger partial charge on any atom is 0.245 e. The van der Waals surface area contributed by atoms with E-state index in [2.05, 4.69) is 11.9 Å². The van der Waals surface area contributed by atoms with E-state index in [1.165, 1.54) is 0 Å². The zero-order valence-electron chi connectivity index (χ0n) is 15.7. The fourth-order valence-corrected chi connectivity index (χ4v) is 3.65. The van der Waals surface area contributed by atoms with Gasteiger partial charge >= 0.3 is 0 Å². The van der Waals surface area contributed by atoms with Gasteiger partial charge in [-0.05, 0) is 49.2 Å². The monoisotopic (exact) mass is 388 g/mol. The molecule has 1 amide bonds. The Morgan fingerprint density at radius 1 is 1.15 bits per heavy atom. The number of para-hydroxylation sites is 1. The Morgan fingerprint density at radius 3 is 2.26 bits per heavy atom. The molecular weight excluding hydrogens is 364 g/mol. The van der Waals surface area contributed by atoms with Gasteiger partial charge in [0.05, 0.1) is 11.9 Å². The molecule has 0 spiro atoms. The normalized spacial score (nSPS) is 10.9. The second-order valence-corrected chi connectivity index (χ2v) is 8.09. The number of nitrogens with one attached hydrogen (secondary N) is 1. The first-order valence-electron chi connectivity index (χ1n) is 8.40. The summed E-state index contributed by atoms with van der Waals surface area (Å²) in [6.45, 7) is 7.31. The molecule has 0 heterocycles. The molecule has 144 valence electrons. The number of carbonyl (C=O) groups excluding carboxylic acids is 1. The topological polar surface area (TPSA) is 75.7 Å². The van der Waals surface area contributed by atoms with Crippen LogP contribution in [0.3, 0.4) is 0 Å². The zero-order valence-corrected chi connectivity index (χ0v) is 16.5. The molecule has 0 unspecified atom stereocenters. The molecule has 0 atom stereocenters. The summed E-state index contributed by atoms with van der Waals surface area (Å²) < 4.78 is 31.1. The summed E-state index contributed by atoms with van der Waals surface area (Å²) >= 11 is 0. The number of amides is 1. The molecule has 2 aromatic rings. The quantitative estimate of drug-likeness (QED) is 0.704. The predicted octanol–water partition coefficient (Wildman–Crippen LogP) is 3.27. The van der Waals surface area contributed by atoms with Gasteiger partial charge < -0.3 is 10.1 Å². The lowest BCUT2D eigenvalue weighted by molar-refractivity contribution is -0.114. The van der Waals surface area contributed by atoms with E-state index in [0.29, 0.717) is 23.7 Å². The minimum absolute atomic E-state index is 0.306. The minimum Gasteiger partial charge on any atom is -0.490 e. The van der Waals surface area contributed by atoms with Crippen molar-refractivity contribution in [1.29, 1.82) is 0 Å². The molecule has 0 fully saturated rings. The van der Waals surface area contributed by atoms with Crippen LogP contribution in [0.5, 0.6) is 5.75 Å². The fraction of sp³-hybridized carbons (Fsp3) is 0.250. The summed E-state index contributed by atoms with van der Waals surface area (Å²) in [4.78, 5) is 12.5. The first-order chi connectivity index (χ1) is 12.7. The summed E-state index contributed by atoms with van der Waals surface area (Å²) in [5.41, 5.74) is 2.66. The number of sulfonamides is 1. The van der Waals surface area contributed by atoms with Gasteiger partial charge in [-0.3, -0.25) is 9.10 Å². The van der Waals surface area contributed by atoms with Gasteiger partial charge in [0, 0.05) is 5.69 Å². The van der Waals surface area contributed by atoms with Gasteiger partial charge in [0.1, 0.15) is 18.9 Å². The Bertz CT molecular complexity index is 901. The highest BCUT2D eigenvalue weighted by molar-refractivity contribution is 7.92. The Morgan fingerprint density at radius 2 is 1.74 bits per heavy atom. The average molecular weight is 388 g/mol. The Hall–Kier alpha value is -2.80. The van der Waals surface area contributed by atoms with Gasteiger partial charge in [-0.1, -0.05) is 30.9 Å². The van der Waals surface area contributed by atoms with Crippen LogP contribution in [0.4, 0.5) is 11.4 Å². The Balaban J connectivity index is 2.16. The molecule has 0 aliphatic heterocycles. The summed E-state index contributed by atoms with van der Waals surface area (Å²) in [5.74, 6) is 0.226. The van der Waals surface area contributed by atoms with E-state index < -0.39 is 15.9 Å². The second-order valence-electron chi connectivity index (χ2n) is 6.18. The van der Waals surface area contributed by atoms with E-state index in [0.717, 1.165) is 21.7 Å². The van der Waals surface area contributed by atoms with Crippen molar-refractivity contribution in [2.45, 2.75) is 13.8 Å². The van der Waals surface area contributed by atoms with Crippen molar-refractivity contribution in [3.8, 4) is 5.75 Å². The molecular formula is C20H24N2O4S. The lowest BCUT2D eigenvalue weighted by atomic mass is 10.1. The number of nitrogens with zero attached hydrogens (tertiary/aromatic N) is 1. The Kier molecular flexibility index (Phi) is 6.63. The highest BCUT2D eigenvalue weighted by Crippen LogP contribution is 2.26. The van der Waals surface area contributed by atoms with Gasteiger partial charge in [0.25, 0.3) is 0 Å². The summed E-state index contributed by atoms with van der Waals surface area (Å²) in [6.07, 6.45) is 2.74. The second kappa shape index (κ2) is 8.73. The molecule has 0 saturated carbocycles. The lowest BCUT2D eigenvalue weighted by Gasteiger charge is -2.25. The third kappa shape index (κ3) is 5.59. The van der Waals surface area contributed by atoms with Crippen molar-refractivity contribution in [1.82, 2.24) is 0 Å². The van der Waals surface area contributed by atoms with Crippen molar-refractivity contribution in [3.63, 3.8) is 0 Å². The molecule has 0 bridgehead atoms. The predicted molar refractivity (Wildman–Crippen MR) is 109 cm³/mol. The van der Waals surface area contributed by atoms with Crippen LogP contribution in [0.1, 0.15) is 11.1 Å². The van der Waals surface area contributed by atoms with Crippen molar-refractivity contribution in [3.05, 3.63) is 66.2 Å². The SMILES string of the molecule is C=CCOc1ccc(NC(=O)CN(c2c(C)cccc2C)S(C)(=O)=O)cc1. The number of anilines is 2. The summed E-state index contributed by atoms with van der Waals surface area (Å²) in [7, 11) is -3.62. The fourth-order valence-electron chi connectivity index (χ4n) is 2.68. The first kappa shape index (κ1) is 20.5. The molecule has 7 heteroatoms. The standard InChI is InChI=1S/C20H24N2O4S/c1-5-13-26-18-11-9-17(10-12-18)21-19(23)14-22(27(4,24)25)20-15(2)7-6-8-16(20)3/h5-12H,1,13-14H2,2-4H3,(H,21,23). The molecule has 0 radical (unpaired) electrons. The molecule has 0 aliphatic rings. The Labute approximate surface area is 160 Å². The molecule has 2 rings (SSSR count). The highest BCUT2D eigenvalue weighted by atomic mass is 32.2. The van der Waals surface area contributed by atoms with E-state index >= 15 is 0 Å². The van der Waals surface area contributed by atoms with Crippen molar-refractivity contribution in [2.24, 2.45) is 0 Å². The minimum atomic E-state index is -3.62. The molecule has 1 N–H and O–H groups in total. The van der Waals surface area contributed by atoms with Crippen molar-refractivity contribution < 1.29 is 17.9 Å². The van der Waals surface area contributed by atoms with Crippen LogP contribution >= 0.6 is 0 Å². The van der Waals surface area contributed by atoms with Crippen molar-refractivity contribution in [2.75, 3.05) is 29.0 Å². The van der Waals surface area contributed by atoms with E-state index in [-0.39, 0.29) is 6.54 Å². The van der Waals surface area contributed by atoms with E-state index in [1.54, 1.807) is 30.3 Å². The van der Waals surface area contributed by atoms with E-state index in [1.807, 2.05) is 32.0 Å². The number of hydrogen-bond donors (Lipinski definition) is 1. The molecule has 0 aliphatic carbocycles. The number of hydrogen-bond acceptors (Lipinski definition) is 4. The third-order valence-corrected chi connectivity index (χ3v) is 4.99. The smallest absolute Gasteiger partial charge is 0.245 e. The average Bonchev–Trinajstić information content (AvgIpc) is 2.59. The highest BCUT2D eigenvalue weighted by Gasteiger charge is 2.23. The van der Waals surface area contributed by atoms with Gasteiger partial charge in [0.15, 0.2) is 0 Å². The van der Waals surface area contributed by atoms with Gasteiger partial charge in [-0.25, -0.2) is 8.42 Å². The zero-order chi connectivity index (χ0) is 20.0. The number of carbonyl (C=O) groups is 1. The largest absolute Gasteiger partial charge is 0.490 e. The number of ether oxygens (including phenoxy) is 1. The van der Waals surface area contributed by atoms with Crippen LogP contribution in [0.25, 0.3) is 0 Å². The number of rotatable bonds is 8. The van der Waals surface area contributed by atoms with Gasteiger partial charge in [-0.15, -0.1) is 0 Å². The molecule has 0 aromatic heterocycles. The number of aryl methyl sites for hydroxylation is 2. The maximum absolute atomic E-state index is 12.5. The van der Waals surface area contributed by atoms with Crippen LogP contribution in [0.15, 0.2) is 55.1 Å². The molecule has 27 heavy (non-hydrogen) atoms. The lowest BCUT2D eigenvalue weighted by Crippen LogP contribution is -2.38. The van der Waals surface area contributed by atoms with Gasteiger partial charge in [-0.2, -0.15) is 0 Å². The van der Waals surface area contributed by atoms with Crippen LogP contribution in [-0.4, -0.2) is 33.7 Å². The molecule has 2 aromatic carbocycles. The van der Waals surface area contributed by atoms with Crippen LogP contribution in [0.2, 0.25) is 0 Å². The first-order valence-corrected chi connectivity index (χ1v) is 10.2. The van der Waals surface area contributed by atoms with Crippen LogP contribution < -0.4 is 14.4 Å². The molecule has 0 saturated heterocycles. The number of benzene rings is 2. The maximum atomic E-state index is 12.5. The summed E-state index contributed by atoms with van der Waals surface area (Å²) in [6, 6.07) is 12.3.